The number of carbonyl (C=O) groups is 1. The van der Waals surface area contributed by atoms with E-state index >= 15 is 0 Å². The molecule has 1 aliphatic rings. The van der Waals surface area contributed by atoms with Crippen molar-refractivity contribution in [2.45, 2.75) is 33.1 Å². The van der Waals surface area contributed by atoms with Gasteiger partial charge in [0, 0.05) is 13.1 Å². The first kappa shape index (κ1) is 18.0. The number of nitrogens with zero attached hydrogens (tertiary/aromatic N) is 2. The lowest BCUT2D eigenvalue weighted by Crippen LogP contribution is -2.34. The zero-order chi connectivity index (χ0) is 18.5. The van der Waals surface area contributed by atoms with E-state index in [2.05, 4.69) is 24.0 Å². The summed E-state index contributed by atoms with van der Waals surface area (Å²) in [5, 5.41) is 9.31. The molecule has 3 rings (SSSR count). The first-order chi connectivity index (χ1) is 12.6. The summed E-state index contributed by atoms with van der Waals surface area (Å²) in [6.07, 6.45) is 3.18. The van der Waals surface area contributed by atoms with Crippen molar-refractivity contribution in [2.24, 2.45) is 5.92 Å². The molecule has 0 bridgehead atoms. The van der Waals surface area contributed by atoms with Gasteiger partial charge in [-0.3, -0.25) is 4.79 Å². The topological polar surface area (TPSA) is 53.3 Å². The van der Waals surface area contributed by atoms with Gasteiger partial charge >= 0.3 is 0 Å². The highest BCUT2D eigenvalue weighted by Crippen LogP contribution is 2.30. The van der Waals surface area contributed by atoms with Crippen molar-refractivity contribution in [3.63, 3.8) is 0 Å². The van der Waals surface area contributed by atoms with Gasteiger partial charge in [0.15, 0.2) is 0 Å². The minimum atomic E-state index is 0.493. The van der Waals surface area contributed by atoms with Crippen molar-refractivity contribution in [1.82, 2.24) is 0 Å². The minimum absolute atomic E-state index is 0.493. The highest BCUT2D eigenvalue weighted by molar-refractivity contribution is 5.59. The highest BCUT2D eigenvalue weighted by atomic mass is 16.5. The highest BCUT2D eigenvalue weighted by Gasteiger charge is 2.22. The monoisotopic (exact) mass is 348 g/mol. The molecule has 0 unspecified atom stereocenters. The van der Waals surface area contributed by atoms with E-state index in [1.807, 2.05) is 37.3 Å². The molecule has 2 aromatic rings. The Morgan fingerprint density at radius 1 is 1.19 bits per heavy atom. The number of para-hydroxylation sites is 1. The molecule has 2 aromatic carbocycles. The zero-order valence-corrected chi connectivity index (χ0v) is 15.4. The van der Waals surface area contributed by atoms with Crippen molar-refractivity contribution < 1.29 is 9.53 Å². The van der Waals surface area contributed by atoms with E-state index in [0.717, 1.165) is 49.2 Å². The zero-order valence-electron chi connectivity index (χ0n) is 15.4. The molecule has 0 saturated carbocycles. The van der Waals surface area contributed by atoms with Crippen LogP contribution in [0.5, 0.6) is 5.75 Å². The largest absolute Gasteiger partial charge is 0.428 e. The summed E-state index contributed by atoms with van der Waals surface area (Å²) in [4.78, 5) is 13.0. The molecule has 0 aliphatic carbocycles. The Kier molecular flexibility index (Phi) is 5.58. The second-order valence-electron chi connectivity index (χ2n) is 7.02. The molecule has 0 aromatic heterocycles. The number of nitriles is 1. The maximum atomic E-state index is 10.7. The fraction of sp³-hybridized carbons (Fsp3) is 0.364. The van der Waals surface area contributed by atoms with Crippen molar-refractivity contribution in [3.05, 3.63) is 58.7 Å². The van der Waals surface area contributed by atoms with E-state index in [9.17, 15) is 10.1 Å². The van der Waals surface area contributed by atoms with Crippen LogP contribution in [0.2, 0.25) is 0 Å². The summed E-state index contributed by atoms with van der Waals surface area (Å²) in [6.45, 7) is 6.50. The molecular formula is C22H24N2O2. The van der Waals surface area contributed by atoms with Crippen LogP contribution in [0.15, 0.2) is 36.4 Å². The standard InChI is InChI=1S/C22H24N2O2/c1-16-11-17(2)22(26-15-25)13-20(16)12-18-7-9-24(10-8-18)21-6-4-3-5-19(21)14-23/h3-6,11,13,15,18H,7-10,12H2,1-2H3. The van der Waals surface area contributed by atoms with Crippen LogP contribution in [0.25, 0.3) is 0 Å². The lowest BCUT2D eigenvalue weighted by molar-refractivity contribution is -0.120. The number of piperidine rings is 1. The van der Waals surface area contributed by atoms with E-state index in [0.29, 0.717) is 18.1 Å². The van der Waals surface area contributed by atoms with Crippen molar-refractivity contribution in [3.8, 4) is 11.8 Å². The maximum Gasteiger partial charge on any atom is 0.298 e. The van der Waals surface area contributed by atoms with E-state index in [1.165, 1.54) is 11.1 Å². The molecule has 1 aliphatic heterocycles. The smallest absolute Gasteiger partial charge is 0.298 e. The lowest BCUT2D eigenvalue weighted by atomic mass is 9.87. The Hall–Kier alpha value is -2.80. The predicted molar refractivity (Wildman–Crippen MR) is 102 cm³/mol. The number of hydrogen-bond acceptors (Lipinski definition) is 4. The maximum absolute atomic E-state index is 10.7. The van der Waals surface area contributed by atoms with Gasteiger partial charge in [-0.15, -0.1) is 0 Å². The number of hydrogen-bond donors (Lipinski definition) is 0. The van der Waals surface area contributed by atoms with Gasteiger partial charge in [-0.1, -0.05) is 18.2 Å². The van der Waals surface area contributed by atoms with Crippen LogP contribution in [0.4, 0.5) is 5.69 Å². The van der Waals surface area contributed by atoms with Gasteiger partial charge < -0.3 is 9.64 Å². The number of ether oxygens (including phenoxy) is 1. The summed E-state index contributed by atoms with van der Waals surface area (Å²) in [6, 6.07) is 14.2. The van der Waals surface area contributed by atoms with Crippen molar-refractivity contribution >= 4 is 12.2 Å². The van der Waals surface area contributed by atoms with Crippen LogP contribution in [0.3, 0.4) is 0 Å². The van der Waals surface area contributed by atoms with Crippen molar-refractivity contribution in [2.75, 3.05) is 18.0 Å². The van der Waals surface area contributed by atoms with Crippen LogP contribution in [-0.2, 0) is 11.2 Å². The van der Waals surface area contributed by atoms with Gasteiger partial charge in [-0.2, -0.15) is 5.26 Å². The molecule has 0 atom stereocenters. The van der Waals surface area contributed by atoms with Gasteiger partial charge in [0.25, 0.3) is 6.47 Å². The van der Waals surface area contributed by atoms with E-state index in [4.69, 9.17) is 4.74 Å². The van der Waals surface area contributed by atoms with E-state index < -0.39 is 0 Å². The van der Waals surface area contributed by atoms with Gasteiger partial charge in [0.05, 0.1) is 11.3 Å². The molecule has 0 amide bonds. The van der Waals surface area contributed by atoms with Crippen LogP contribution < -0.4 is 9.64 Å². The number of anilines is 1. The summed E-state index contributed by atoms with van der Waals surface area (Å²) in [5.41, 5.74) is 5.28. The molecule has 134 valence electrons. The average Bonchev–Trinajstić information content (AvgIpc) is 2.66. The van der Waals surface area contributed by atoms with Gasteiger partial charge in [-0.05, 0) is 73.9 Å². The molecule has 1 saturated heterocycles. The molecule has 26 heavy (non-hydrogen) atoms. The van der Waals surface area contributed by atoms with E-state index in [-0.39, 0.29) is 0 Å². The normalized spacial score (nSPS) is 14.7. The number of rotatable bonds is 5. The Labute approximate surface area is 155 Å². The van der Waals surface area contributed by atoms with Gasteiger partial charge in [0.2, 0.25) is 0 Å². The number of aryl methyl sites for hydroxylation is 2. The Morgan fingerprint density at radius 3 is 2.62 bits per heavy atom. The van der Waals surface area contributed by atoms with Crippen LogP contribution in [-0.4, -0.2) is 19.6 Å². The molecule has 1 heterocycles. The predicted octanol–water partition coefficient (Wildman–Crippen LogP) is 4.17. The molecule has 4 heteroatoms. The van der Waals surface area contributed by atoms with Crippen LogP contribution in [0, 0.1) is 31.1 Å². The molecule has 0 spiro atoms. The first-order valence-electron chi connectivity index (χ1n) is 9.07. The Balaban J connectivity index is 1.67. The SMILES string of the molecule is Cc1cc(C)c(OC=O)cc1CC1CCN(c2ccccc2C#N)CC1. The van der Waals surface area contributed by atoms with E-state index in [1.54, 1.807) is 0 Å². The Morgan fingerprint density at radius 2 is 1.92 bits per heavy atom. The third kappa shape index (κ3) is 3.88. The first-order valence-corrected chi connectivity index (χ1v) is 9.07. The lowest BCUT2D eigenvalue weighted by Gasteiger charge is -2.34. The fourth-order valence-corrected chi connectivity index (χ4v) is 3.81. The average molecular weight is 348 g/mol. The third-order valence-corrected chi connectivity index (χ3v) is 5.30. The van der Waals surface area contributed by atoms with Crippen LogP contribution in [0.1, 0.15) is 35.1 Å². The molecule has 1 fully saturated rings. The molecule has 4 nitrogen and oxygen atoms in total. The summed E-state index contributed by atoms with van der Waals surface area (Å²) in [7, 11) is 0. The third-order valence-electron chi connectivity index (χ3n) is 5.30. The second kappa shape index (κ2) is 8.05. The fourth-order valence-electron chi connectivity index (χ4n) is 3.81. The summed E-state index contributed by atoms with van der Waals surface area (Å²) < 4.78 is 5.10. The molecule has 0 radical (unpaired) electrons. The van der Waals surface area contributed by atoms with Crippen molar-refractivity contribution in [1.29, 1.82) is 5.26 Å². The van der Waals surface area contributed by atoms with Gasteiger partial charge in [-0.25, -0.2) is 0 Å². The summed E-state index contributed by atoms with van der Waals surface area (Å²) >= 11 is 0. The minimum Gasteiger partial charge on any atom is -0.428 e. The number of benzene rings is 2. The van der Waals surface area contributed by atoms with Gasteiger partial charge in [0.1, 0.15) is 11.8 Å². The number of carbonyl (C=O) groups excluding carboxylic acids is 1. The Bertz CT molecular complexity index is 831. The molecular weight excluding hydrogens is 324 g/mol. The van der Waals surface area contributed by atoms with Crippen LogP contribution >= 0.6 is 0 Å². The second-order valence-corrected chi connectivity index (χ2v) is 7.02. The molecule has 0 N–H and O–H groups in total. The summed E-state index contributed by atoms with van der Waals surface area (Å²) in [5.74, 6) is 1.26. The quantitative estimate of drug-likeness (QED) is 0.761.